The molecule has 2 N–H and O–H groups in total. The van der Waals surface area contributed by atoms with Crippen LogP contribution >= 0.6 is 24.0 Å². The number of aryl methyl sites for hydroxylation is 2. The molecule has 6 aliphatic rings. The Hall–Kier alpha value is -9.33. The van der Waals surface area contributed by atoms with Crippen LogP contribution in [-0.2, 0) is 84.0 Å². The second kappa shape index (κ2) is 32.4. The van der Waals surface area contributed by atoms with E-state index in [-0.39, 0.29) is 137 Å². The number of fused-ring (bicyclic) bond motifs is 6. The Balaban J connectivity index is 0.000000252. The number of pyridine rings is 3. The molecule has 3 aromatic carbocycles. The van der Waals surface area contributed by atoms with Crippen LogP contribution in [-0.4, -0.2) is 92.1 Å². The summed E-state index contributed by atoms with van der Waals surface area (Å²) in [6, 6.07) is 8.86. The van der Waals surface area contributed by atoms with Gasteiger partial charge in [0, 0.05) is 67.6 Å². The van der Waals surface area contributed by atoms with Gasteiger partial charge in [-0.1, -0.05) is 42.0 Å². The van der Waals surface area contributed by atoms with Gasteiger partial charge in [0.1, 0.15) is 17.1 Å². The van der Waals surface area contributed by atoms with Gasteiger partial charge in [0.2, 0.25) is 23.0 Å². The summed E-state index contributed by atoms with van der Waals surface area (Å²) in [6.07, 6.45) is 13.4. The van der Waals surface area contributed by atoms with Gasteiger partial charge < -0.3 is 48.9 Å². The minimum atomic E-state index is -0.957. The molecule has 3 amide bonds. The molecular formula is C71H79Cl2F6N7O12. The molecular weight excluding hydrogens is 1330 g/mol. The van der Waals surface area contributed by atoms with Crippen molar-refractivity contribution in [1.82, 2.24) is 15.0 Å². The molecule has 0 saturated heterocycles. The molecule has 526 valence electrons. The van der Waals surface area contributed by atoms with Crippen molar-refractivity contribution in [1.29, 1.82) is 0 Å². The van der Waals surface area contributed by atoms with Crippen LogP contribution in [0.2, 0.25) is 0 Å². The zero-order valence-electron chi connectivity index (χ0n) is 52.7. The van der Waals surface area contributed by atoms with E-state index in [9.17, 15) is 37.5 Å². The van der Waals surface area contributed by atoms with Gasteiger partial charge in [-0.3, -0.25) is 43.7 Å². The number of allylic oxidation sites excluding steroid dienone is 3. The van der Waals surface area contributed by atoms with Gasteiger partial charge in [-0.05, 0) is 133 Å². The fourth-order valence-corrected chi connectivity index (χ4v) is 11.9. The van der Waals surface area contributed by atoms with Gasteiger partial charge >= 0.3 is 0 Å². The number of halogens is 8. The molecule has 6 heterocycles. The van der Waals surface area contributed by atoms with Gasteiger partial charge in [-0.2, -0.15) is 0 Å². The van der Waals surface area contributed by atoms with Gasteiger partial charge in [-0.25, -0.2) is 26.3 Å². The zero-order chi connectivity index (χ0) is 68.3. The van der Waals surface area contributed by atoms with Gasteiger partial charge in [-0.15, -0.1) is 12.4 Å². The summed E-state index contributed by atoms with van der Waals surface area (Å²) in [6.45, 7) is 10.2. The van der Waals surface area contributed by atoms with Crippen LogP contribution in [0, 0.1) is 34.9 Å². The average molecular weight is 1410 g/mol. The summed E-state index contributed by atoms with van der Waals surface area (Å²) in [5.41, 5.74) is 8.56. The van der Waals surface area contributed by atoms with E-state index >= 15 is 17.6 Å². The van der Waals surface area contributed by atoms with E-state index in [0.717, 1.165) is 72.4 Å². The maximum atomic E-state index is 15.1. The summed E-state index contributed by atoms with van der Waals surface area (Å²) in [5, 5.41) is -0.509. The molecule has 0 bridgehead atoms. The second-order valence-electron chi connectivity index (χ2n) is 22.7. The Kier molecular flexibility index (Phi) is 26.2. The van der Waals surface area contributed by atoms with Gasteiger partial charge in [0.25, 0.3) is 0 Å². The highest BCUT2D eigenvalue weighted by Gasteiger charge is 2.60. The Labute approximate surface area is 576 Å². The predicted molar refractivity (Wildman–Crippen MR) is 361 cm³/mol. The standard InChI is InChI=1S/2C23H22F2N2O4.C19H19F2N3O3.C3H3ClO.3CH4.ClH/c2*1-4-15(28)6-5-14-9-16-13(11-26-14)12-27(22(29)23(16)7-8-23)21-19(24)17(30-2)10-18(31-3)20(21)25;1-26-13-6-14(27-2)16(21)17(15(13)20)24-9-10-8-23-11(7-22)5-12(10)19(3-4-19)18(24)25;1-2-3(4)5;;;;/h2*4,9-11H,1,5-8,12H2,2-3H3;5-6,8H,3-4,7,9,22H2,1-2H3;2H,1H2;3*1H4;1H. The van der Waals surface area contributed by atoms with Crippen molar-refractivity contribution in [2.75, 3.05) is 57.4 Å². The van der Waals surface area contributed by atoms with Crippen molar-refractivity contribution < 1.29 is 83.5 Å². The van der Waals surface area contributed by atoms with E-state index in [1.165, 1.54) is 54.8 Å². The monoisotopic (exact) mass is 1410 g/mol. The first kappa shape index (κ1) is 79.4. The number of hydrogen-bond acceptors (Lipinski definition) is 16. The van der Waals surface area contributed by atoms with Gasteiger partial charge in [0.05, 0.1) is 84.2 Å². The molecule has 3 aliphatic heterocycles. The molecule has 0 radical (unpaired) electrons. The molecule has 0 atom stereocenters. The number of carbonyl (C=O) groups is 6. The van der Waals surface area contributed by atoms with E-state index in [1.807, 2.05) is 18.2 Å². The molecule has 3 aliphatic carbocycles. The molecule has 3 saturated carbocycles. The molecule has 6 aromatic rings. The minimum absolute atomic E-state index is 0. The fraction of sp³-hybridized carbons (Fsp3) is 0.366. The lowest BCUT2D eigenvalue weighted by atomic mass is 9.86. The normalized spacial score (nSPS) is 15.2. The van der Waals surface area contributed by atoms with Crippen LogP contribution in [0.1, 0.15) is 124 Å². The number of amides is 3. The van der Waals surface area contributed by atoms with Crippen molar-refractivity contribution in [3.63, 3.8) is 0 Å². The minimum Gasteiger partial charge on any atom is -0.493 e. The lowest BCUT2D eigenvalue weighted by Gasteiger charge is -2.35. The lowest BCUT2D eigenvalue weighted by Crippen LogP contribution is -2.45. The lowest BCUT2D eigenvalue weighted by molar-refractivity contribution is -0.122. The Morgan fingerprint density at radius 2 is 0.704 bits per heavy atom. The number of methoxy groups -OCH3 is 6. The molecule has 98 heavy (non-hydrogen) atoms. The fourth-order valence-electron chi connectivity index (χ4n) is 11.9. The Morgan fingerprint density at radius 1 is 0.469 bits per heavy atom. The number of aromatic nitrogens is 3. The van der Waals surface area contributed by atoms with Crippen LogP contribution in [0.3, 0.4) is 0 Å². The van der Waals surface area contributed by atoms with E-state index in [4.69, 9.17) is 45.8 Å². The van der Waals surface area contributed by atoms with Crippen LogP contribution in [0.5, 0.6) is 34.5 Å². The molecule has 27 heteroatoms. The van der Waals surface area contributed by atoms with E-state index < -0.39 is 73.5 Å². The summed E-state index contributed by atoms with van der Waals surface area (Å²) in [5.74, 6) is -8.16. The number of rotatable bonds is 19. The molecule has 0 unspecified atom stereocenters. The van der Waals surface area contributed by atoms with E-state index in [0.29, 0.717) is 68.4 Å². The first-order valence-corrected chi connectivity index (χ1v) is 29.9. The maximum absolute atomic E-state index is 15.1. The number of anilines is 3. The first-order valence-electron chi connectivity index (χ1n) is 29.5. The van der Waals surface area contributed by atoms with Crippen LogP contribution in [0.25, 0.3) is 0 Å². The Bertz CT molecular complexity index is 3850. The SMILES string of the molecule is C.C.C.C=CC(=O)CCc1cc2c(cn1)CN(c1c(F)c(OC)cc(OC)c1F)C(=O)C21CC1.C=CC(=O)CCc1cc2c(cn1)CN(c1c(F)c(OC)cc(OC)c1F)C(=O)C21CC1.C=CC(=O)Cl.COc1cc(OC)c(F)c(N2Cc3cnc(CN)cc3C3(CC3)C2=O)c1F.Cl. The predicted octanol–water partition coefficient (Wildman–Crippen LogP) is 13.0. The third kappa shape index (κ3) is 14.9. The van der Waals surface area contributed by atoms with Crippen molar-refractivity contribution in [3.8, 4) is 34.5 Å². The third-order valence-corrected chi connectivity index (χ3v) is 17.6. The second-order valence-corrected chi connectivity index (χ2v) is 23.1. The van der Waals surface area contributed by atoms with Crippen molar-refractivity contribution >= 4 is 75.6 Å². The van der Waals surface area contributed by atoms with Crippen LogP contribution in [0.15, 0.2) is 93.0 Å². The van der Waals surface area contributed by atoms with Gasteiger partial charge in [0.15, 0.2) is 81.0 Å². The summed E-state index contributed by atoms with van der Waals surface area (Å²) in [4.78, 5) is 89.0. The quantitative estimate of drug-likeness (QED) is 0.0451. The highest BCUT2D eigenvalue weighted by Crippen LogP contribution is 2.58. The topological polar surface area (TPSA) is 232 Å². The van der Waals surface area contributed by atoms with Crippen molar-refractivity contribution in [2.45, 2.75) is 129 Å². The summed E-state index contributed by atoms with van der Waals surface area (Å²) >= 11 is 4.71. The summed E-state index contributed by atoms with van der Waals surface area (Å²) < 4.78 is 120. The molecule has 12 rings (SSSR count). The highest BCUT2D eigenvalue weighted by atomic mass is 35.5. The molecule has 3 fully saturated rings. The number of nitrogens with zero attached hydrogens (tertiary/aromatic N) is 6. The van der Waals surface area contributed by atoms with E-state index in [2.05, 4.69) is 34.7 Å². The van der Waals surface area contributed by atoms with Crippen molar-refractivity contribution in [3.05, 3.63) is 178 Å². The molecule has 3 aromatic heterocycles. The van der Waals surface area contributed by atoms with E-state index in [1.54, 1.807) is 18.6 Å². The highest BCUT2D eigenvalue weighted by molar-refractivity contribution is 6.66. The van der Waals surface area contributed by atoms with Crippen molar-refractivity contribution in [2.24, 2.45) is 5.73 Å². The smallest absolute Gasteiger partial charge is 0.244 e. The number of ether oxygens (including phenoxy) is 6. The van der Waals surface area contributed by atoms with Crippen LogP contribution in [0.4, 0.5) is 43.4 Å². The Morgan fingerprint density at radius 3 is 0.908 bits per heavy atom. The number of nitrogens with two attached hydrogens (primary N) is 1. The largest absolute Gasteiger partial charge is 0.493 e. The zero-order valence-corrected chi connectivity index (χ0v) is 54.2. The first-order chi connectivity index (χ1) is 44.9. The number of benzene rings is 3. The number of hydrogen-bond donors (Lipinski definition) is 1. The number of carbonyl (C=O) groups excluding carboxylic acids is 6. The molecule has 19 nitrogen and oxygen atoms in total. The molecule has 3 spiro atoms. The summed E-state index contributed by atoms with van der Waals surface area (Å²) in [7, 11) is 7.59. The third-order valence-electron chi connectivity index (χ3n) is 17.4. The average Bonchev–Trinajstić information content (AvgIpc) is 1.54. The van der Waals surface area contributed by atoms with Crippen LogP contribution < -0.4 is 48.9 Å². The number of ketones is 2. The maximum Gasteiger partial charge on any atom is 0.244 e.